The summed E-state index contributed by atoms with van der Waals surface area (Å²) in [7, 11) is 2.24. The second-order valence-corrected chi connectivity index (χ2v) is 11.2. The topological polar surface area (TPSA) is 23.6 Å². The highest BCUT2D eigenvalue weighted by atomic mass is 19.2. The number of carbonyl (C=O) groups excluding carboxylic acids is 1. The van der Waals surface area contributed by atoms with E-state index in [1.807, 2.05) is 4.90 Å². The van der Waals surface area contributed by atoms with E-state index in [0.717, 1.165) is 43.2 Å². The van der Waals surface area contributed by atoms with E-state index in [-0.39, 0.29) is 5.91 Å². The van der Waals surface area contributed by atoms with Crippen LogP contribution in [0.5, 0.6) is 0 Å². The van der Waals surface area contributed by atoms with Gasteiger partial charge in [0, 0.05) is 25.6 Å². The van der Waals surface area contributed by atoms with Crippen molar-refractivity contribution >= 4 is 5.91 Å². The van der Waals surface area contributed by atoms with E-state index in [1.54, 1.807) is 6.07 Å². The number of likely N-dealkylation sites (tertiary alicyclic amines) is 1. The lowest BCUT2D eigenvalue weighted by Gasteiger charge is -2.57. The molecule has 0 aromatic heterocycles. The maximum Gasteiger partial charge on any atom is 0.222 e. The lowest BCUT2D eigenvalue weighted by Crippen LogP contribution is -2.47. The Morgan fingerprint density at radius 3 is 2.35 bits per heavy atom. The fourth-order valence-electron chi connectivity index (χ4n) is 7.68. The van der Waals surface area contributed by atoms with Crippen LogP contribution >= 0.6 is 0 Å². The van der Waals surface area contributed by atoms with Gasteiger partial charge in [-0.25, -0.2) is 8.78 Å². The standard InChI is InChI=1S/C26H36F2N2O/c1-29(9-7-26-14-19-10-20(15-26)12-21(11-19)16-26)22-3-5-25(31)30(8-6-22)17-18-2-4-23(27)24(28)13-18/h2,4,13,19-22H,3,5-12,14-17H2,1H3/t19?,20?,21?,22-,26?/m0/s1. The van der Waals surface area contributed by atoms with E-state index in [4.69, 9.17) is 0 Å². The molecule has 31 heavy (non-hydrogen) atoms. The minimum Gasteiger partial charge on any atom is -0.338 e. The van der Waals surface area contributed by atoms with Gasteiger partial charge in [-0.15, -0.1) is 0 Å². The van der Waals surface area contributed by atoms with Crippen LogP contribution in [0.3, 0.4) is 0 Å². The summed E-state index contributed by atoms with van der Waals surface area (Å²) in [5.41, 5.74) is 1.25. The van der Waals surface area contributed by atoms with Crippen molar-refractivity contribution in [3.63, 3.8) is 0 Å². The van der Waals surface area contributed by atoms with E-state index in [1.165, 1.54) is 51.0 Å². The van der Waals surface area contributed by atoms with Crippen LogP contribution in [0.15, 0.2) is 18.2 Å². The van der Waals surface area contributed by atoms with Crippen molar-refractivity contribution in [1.82, 2.24) is 9.80 Å². The molecule has 1 atom stereocenters. The molecule has 1 saturated heterocycles. The monoisotopic (exact) mass is 430 g/mol. The summed E-state index contributed by atoms with van der Waals surface area (Å²) in [6.45, 7) is 2.18. The number of carbonyl (C=O) groups is 1. The van der Waals surface area contributed by atoms with Crippen molar-refractivity contribution in [2.24, 2.45) is 23.2 Å². The third-order valence-electron chi connectivity index (χ3n) is 8.92. The Kier molecular flexibility index (Phi) is 5.83. The molecule has 5 aliphatic rings. The summed E-state index contributed by atoms with van der Waals surface area (Å²) in [4.78, 5) is 17.0. The van der Waals surface area contributed by atoms with Gasteiger partial charge in [0.2, 0.25) is 5.91 Å². The van der Waals surface area contributed by atoms with Gasteiger partial charge >= 0.3 is 0 Å². The van der Waals surface area contributed by atoms with Crippen molar-refractivity contribution in [1.29, 1.82) is 0 Å². The predicted molar refractivity (Wildman–Crippen MR) is 117 cm³/mol. The first-order valence-corrected chi connectivity index (χ1v) is 12.3. The van der Waals surface area contributed by atoms with Crippen molar-refractivity contribution in [2.75, 3.05) is 20.1 Å². The van der Waals surface area contributed by atoms with Crippen LogP contribution in [-0.2, 0) is 11.3 Å². The molecule has 0 spiro atoms. The zero-order valence-corrected chi connectivity index (χ0v) is 18.8. The number of nitrogens with zero attached hydrogens (tertiary/aromatic N) is 2. The normalized spacial score (nSPS) is 35.1. The summed E-state index contributed by atoms with van der Waals surface area (Å²) in [6.07, 6.45) is 12.5. The second-order valence-electron chi connectivity index (χ2n) is 11.2. The minimum absolute atomic E-state index is 0.127. The van der Waals surface area contributed by atoms with Gasteiger partial charge in [-0.05, 0) is 112 Å². The molecule has 1 amide bonds. The van der Waals surface area contributed by atoms with Gasteiger partial charge in [-0.1, -0.05) is 6.07 Å². The average molecular weight is 431 g/mol. The molecule has 1 aromatic carbocycles. The summed E-state index contributed by atoms with van der Waals surface area (Å²) >= 11 is 0. The Hall–Kier alpha value is -1.49. The number of rotatable bonds is 6. The Morgan fingerprint density at radius 2 is 1.71 bits per heavy atom. The highest BCUT2D eigenvalue weighted by Gasteiger charge is 2.50. The fraction of sp³-hybridized carbons (Fsp3) is 0.731. The van der Waals surface area contributed by atoms with E-state index in [2.05, 4.69) is 11.9 Å². The third kappa shape index (κ3) is 4.53. The van der Waals surface area contributed by atoms with Crippen LogP contribution in [-0.4, -0.2) is 41.9 Å². The maximum absolute atomic E-state index is 13.5. The lowest BCUT2D eigenvalue weighted by molar-refractivity contribution is -0.131. The van der Waals surface area contributed by atoms with Gasteiger partial charge < -0.3 is 9.80 Å². The van der Waals surface area contributed by atoms with Gasteiger partial charge in [-0.2, -0.15) is 0 Å². The molecule has 4 saturated carbocycles. The largest absolute Gasteiger partial charge is 0.338 e. The molecule has 4 bridgehead atoms. The first-order valence-electron chi connectivity index (χ1n) is 12.3. The van der Waals surface area contributed by atoms with E-state index in [9.17, 15) is 13.6 Å². The number of hydrogen-bond acceptors (Lipinski definition) is 2. The molecule has 3 nitrogen and oxygen atoms in total. The number of hydrogen-bond donors (Lipinski definition) is 0. The van der Waals surface area contributed by atoms with Crippen LogP contribution < -0.4 is 0 Å². The Labute approximate surface area is 185 Å². The summed E-state index contributed by atoms with van der Waals surface area (Å²) in [6, 6.07) is 4.36. The molecule has 0 unspecified atom stereocenters. The van der Waals surface area contributed by atoms with Gasteiger partial charge in [-0.3, -0.25) is 4.79 Å². The smallest absolute Gasteiger partial charge is 0.222 e. The molecule has 1 aliphatic heterocycles. The van der Waals surface area contributed by atoms with Crippen LogP contribution in [0, 0.1) is 34.8 Å². The van der Waals surface area contributed by atoms with Crippen molar-refractivity contribution in [3.05, 3.63) is 35.4 Å². The Bertz CT molecular complexity index is 790. The van der Waals surface area contributed by atoms with Crippen molar-refractivity contribution in [3.8, 4) is 0 Å². The Morgan fingerprint density at radius 1 is 1.03 bits per heavy atom. The minimum atomic E-state index is -0.845. The first-order chi connectivity index (χ1) is 14.9. The zero-order chi connectivity index (χ0) is 21.6. The summed E-state index contributed by atoms with van der Waals surface area (Å²) < 4.78 is 26.8. The molecule has 1 heterocycles. The molecular formula is C26H36F2N2O. The highest BCUT2D eigenvalue weighted by molar-refractivity contribution is 5.76. The fourth-order valence-corrected chi connectivity index (χ4v) is 7.68. The quantitative estimate of drug-likeness (QED) is 0.605. The van der Waals surface area contributed by atoms with Crippen LogP contribution in [0.1, 0.15) is 69.8 Å². The molecule has 0 radical (unpaired) electrons. The summed E-state index contributed by atoms with van der Waals surface area (Å²) in [5.74, 6) is 1.43. The predicted octanol–water partition coefficient (Wildman–Crippen LogP) is 5.38. The summed E-state index contributed by atoms with van der Waals surface area (Å²) in [5, 5.41) is 0. The zero-order valence-electron chi connectivity index (χ0n) is 18.8. The maximum atomic E-state index is 13.5. The van der Waals surface area contributed by atoms with Gasteiger partial charge in [0.1, 0.15) is 0 Å². The second kappa shape index (κ2) is 8.46. The van der Waals surface area contributed by atoms with Crippen LogP contribution in [0.2, 0.25) is 0 Å². The van der Waals surface area contributed by atoms with Gasteiger partial charge in [0.05, 0.1) is 0 Å². The molecule has 4 aliphatic carbocycles. The molecule has 0 N–H and O–H groups in total. The van der Waals surface area contributed by atoms with E-state index >= 15 is 0 Å². The van der Waals surface area contributed by atoms with Crippen LogP contribution in [0.25, 0.3) is 0 Å². The van der Waals surface area contributed by atoms with Crippen molar-refractivity contribution < 1.29 is 13.6 Å². The molecule has 170 valence electrons. The average Bonchev–Trinajstić information content (AvgIpc) is 2.90. The molecule has 6 rings (SSSR count). The lowest BCUT2D eigenvalue weighted by atomic mass is 9.49. The molecular weight excluding hydrogens is 394 g/mol. The molecule has 5 fully saturated rings. The van der Waals surface area contributed by atoms with Gasteiger partial charge in [0.25, 0.3) is 0 Å². The van der Waals surface area contributed by atoms with E-state index in [0.29, 0.717) is 36.5 Å². The Balaban J connectivity index is 1.15. The molecule has 1 aromatic rings. The number of amides is 1. The third-order valence-corrected chi connectivity index (χ3v) is 8.92. The SMILES string of the molecule is CN(CCC12CC3CC(CC(C3)C1)C2)[C@H]1CCC(=O)N(Cc2ccc(F)c(F)c2)CC1. The number of halogens is 2. The van der Waals surface area contributed by atoms with E-state index < -0.39 is 11.6 Å². The first kappa shape index (κ1) is 21.4. The highest BCUT2D eigenvalue weighted by Crippen LogP contribution is 2.61. The molecule has 5 heteroatoms. The van der Waals surface area contributed by atoms with Crippen molar-refractivity contribution in [2.45, 2.75) is 76.8 Å². The van der Waals surface area contributed by atoms with Crippen LogP contribution in [0.4, 0.5) is 8.78 Å². The van der Waals surface area contributed by atoms with Gasteiger partial charge in [0.15, 0.2) is 11.6 Å². The number of benzene rings is 1.